The van der Waals surface area contributed by atoms with E-state index in [1.54, 1.807) is 24.3 Å². The fourth-order valence-electron chi connectivity index (χ4n) is 3.25. The molecule has 2 heterocycles. The van der Waals surface area contributed by atoms with Crippen LogP contribution in [-0.4, -0.2) is 16.0 Å². The van der Waals surface area contributed by atoms with E-state index < -0.39 is 28.6 Å². The maximum Gasteiger partial charge on any atom is 0.418 e. The molecule has 0 bridgehead atoms. The van der Waals surface area contributed by atoms with Crippen LogP contribution in [0.5, 0.6) is 0 Å². The SMILES string of the molecule is N#Cc1cccc(C(=O)Cc2ccc3[nH]nc(-c4ccoc4)c3c2)c1C(F)(F)F. The first kappa shape index (κ1) is 18.5. The number of nitrogens with one attached hydrogen (secondary N) is 1. The van der Waals surface area contributed by atoms with Gasteiger partial charge >= 0.3 is 6.18 Å². The van der Waals surface area contributed by atoms with Gasteiger partial charge in [0.25, 0.3) is 0 Å². The molecule has 0 saturated heterocycles. The molecule has 0 saturated carbocycles. The molecule has 0 aliphatic rings. The second-order valence-electron chi connectivity index (χ2n) is 6.40. The van der Waals surface area contributed by atoms with E-state index in [0.29, 0.717) is 11.3 Å². The lowest BCUT2D eigenvalue weighted by atomic mass is 9.94. The summed E-state index contributed by atoms with van der Waals surface area (Å²) < 4.78 is 45.4. The zero-order chi connectivity index (χ0) is 20.6. The van der Waals surface area contributed by atoms with Crippen LogP contribution in [0.2, 0.25) is 0 Å². The molecular weight excluding hydrogens is 383 g/mol. The van der Waals surface area contributed by atoms with Crippen molar-refractivity contribution in [2.45, 2.75) is 12.6 Å². The van der Waals surface area contributed by atoms with E-state index in [-0.39, 0.29) is 6.42 Å². The third kappa shape index (κ3) is 3.38. The highest BCUT2D eigenvalue weighted by molar-refractivity contribution is 6.00. The van der Waals surface area contributed by atoms with Crippen molar-refractivity contribution in [3.8, 4) is 17.3 Å². The van der Waals surface area contributed by atoms with Crippen LogP contribution < -0.4 is 0 Å². The molecular formula is C21H12F3N3O2. The summed E-state index contributed by atoms with van der Waals surface area (Å²) in [5.74, 6) is -0.720. The number of hydrogen-bond donors (Lipinski definition) is 1. The van der Waals surface area contributed by atoms with Crippen molar-refractivity contribution in [2.75, 3.05) is 0 Å². The van der Waals surface area contributed by atoms with Gasteiger partial charge in [0.05, 0.1) is 35.2 Å². The zero-order valence-electron chi connectivity index (χ0n) is 14.7. The molecule has 4 aromatic rings. The summed E-state index contributed by atoms with van der Waals surface area (Å²) in [5, 5.41) is 16.8. The summed E-state index contributed by atoms with van der Waals surface area (Å²) in [6.07, 6.45) is -2.02. The molecule has 0 amide bonds. The van der Waals surface area contributed by atoms with Crippen LogP contribution >= 0.6 is 0 Å². The molecule has 0 radical (unpaired) electrons. The number of hydrogen-bond acceptors (Lipinski definition) is 4. The Kier molecular flexibility index (Phi) is 4.43. The maximum atomic E-state index is 13.4. The highest BCUT2D eigenvalue weighted by Gasteiger charge is 2.37. The van der Waals surface area contributed by atoms with Crippen molar-refractivity contribution in [2.24, 2.45) is 0 Å². The third-order valence-corrected chi connectivity index (χ3v) is 4.56. The first-order valence-electron chi connectivity index (χ1n) is 8.51. The van der Waals surface area contributed by atoms with Crippen molar-refractivity contribution in [3.63, 3.8) is 0 Å². The first-order valence-corrected chi connectivity index (χ1v) is 8.51. The van der Waals surface area contributed by atoms with E-state index in [1.165, 1.54) is 24.7 Å². The number of nitriles is 1. The molecule has 29 heavy (non-hydrogen) atoms. The van der Waals surface area contributed by atoms with E-state index in [0.717, 1.165) is 28.6 Å². The largest absolute Gasteiger partial charge is 0.472 e. The summed E-state index contributed by atoms with van der Waals surface area (Å²) in [7, 11) is 0. The Morgan fingerprint density at radius 3 is 2.72 bits per heavy atom. The van der Waals surface area contributed by atoms with Gasteiger partial charge in [-0.1, -0.05) is 18.2 Å². The Morgan fingerprint density at radius 1 is 1.21 bits per heavy atom. The lowest BCUT2D eigenvalue weighted by Gasteiger charge is -2.13. The maximum absolute atomic E-state index is 13.4. The fourth-order valence-corrected chi connectivity index (χ4v) is 3.25. The topological polar surface area (TPSA) is 82.7 Å². The molecule has 0 spiro atoms. The molecule has 0 fully saturated rings. The van der Waals surface area contributed by atoms with Crippen molar-refractivity contribution < 1.29 is 22.4 Å². The molecule has 5 nitrogen and oxygen atoms in total. The molecule has 2 aromatic heterocycles. The van der Waals surface area contributed by atoms with Crippen LogP contribution in [0.15, 0.2) is 59.4 Å². The number of Topliss-reactive ketones (excluding diaryl/α,β-unsaturated/α-hetero) is 1. The molecule has 4 rings (SSSR count). The van der Waals surface area contributed by atoms with Gasteiger partial charge in [-0.15, -0.1) is 0 Å². The number of rotatable bonds is 4. The zero-order valence-corrected chi connectivity index (χ0v) is 14.7. The lowest BCUT2D eigenvalue weighted by molar-refractivity contribution is -0.138. The van der Waals surface area contributed by atoms with Crippen molar-refractivity contribution >= 4 is 16.7 Å². The van der Waals surface area contributed by atoms with E-state index in [1.807, 2.05) is 0 Å². The van der Waals surface area contributed by atoms with Gasteiger partial charge in [-0.3, -0.25) is 9.89 Å². The lowest BCUT2D eigenvalue weighted by Crippen LogP contribution is -2.16. The van der Waals surface area contributed by atoms with Crippen LogP contribution in [0.1, 0.15) is 27.0 Å². The number of aromatic amines is 1. The van der Waals surface area contributed by atoms with Crippen LogP contribution in [0.25, 0.3) is 22.2 Å². The molecule has 0 aliphatic heterocycles. The number of H-pyrrole nitrogens is 1. The number of carbonyl (C=O) groups excluding carboxylic acids is 1. The minimum absolute atomic E-state index is 0.246. The Bertz CT molecular complexity index is 1250. The van der Waals surface area contributed by atoms with Gasteiger partial charge in [-0.25, -0.2) is 0 Å². The minimum Gasteiger partial charge on any atom is -0.472 e. The number of nitrogens with zero attached hydrogens (tertiary/aromatic N) is 2. The monoisotopic (exact) mass is 395 g/mol. The summed E-state index contributed by atoms with van der Waals surface area (Å²) in [4.78, 5) is 12.7. The molecule has 2 aromatic carbocycles. The Balaban J connectivity index is 1.72. The second kappa shape index (κ2) is 6.95. The van der Waals surface area contributed by atoms with Crippen molar-refractivity contribution in [3.05, 3.63) is 77.2 Å². The summed E-state index contributed by atoms with van der Waals surface area (Å²) in [6, 6.07) is 11.7. The Labute approximate surface area is 162 Å². The second-order valence-corrected chi connectivity index (χ2v) is 6.40. The normalized spacial score (nSPS) is 11.5. The average molecular weight is 395 g/mol. The summed E-state index contributed by atoms with van der Waals surface area (Å²) in [6.45, 7) is 0. The van der Waals surface area contributed by atoms with Gasteiger partial charge in [-0.05, 0) is 29.8 Å². The summed E-state index contributed by atoms with van der Waals surface area (Å²) >= 11 is 0. The van der Waals surface area contributed by atoms with Gasteiger partial charge in [0.15, 0.2) is 5.78 Å². The van der Waals surface area contributed by atoms with Gasteiger partial charge in [0.1, 0.15) is 5.69 Å². The average Bonchev–Trinajstić information content (AvgIpc) is 3.35. The number of fused-ring (bicyclic) bond motifs is 1. The van der Waals surface area contributed by atoms with Crippen LogP contribution in [0.4, 0.5) is 13.2 Å². The van der Waals surface area contributed by atoms with Gasteiger partial charge < -0.3 is 4.42 Å². The third-order valence-electron chi connectivity index (χ3n) is 4.56. The predicted octanol–water partition coefficient (Wildman–Crippen LogP) is 5.14. The summed E-state index contributed by atoms with van der Waals surface area (Å²) in [5.41, 5.74) is 0.320. The molecule has 144 valence electrons. The van der Waals surface area contributed by atoms with Crippen LogP contribution in [0.3, 0.4) is 0 Å². The molecule has 1 N–H and O–H groups in total. The first-order chi connectivity index (χ1) is 13.9. The van der Waals surface area contributed by atoms with Crippen molar-refractivity contribution in [1.82, 2.24) is 10.2 Å². The molecule has 8 heteroatoms. The number of alkyl halides is 3. The van der Waals surface area contributed by atoms with Crippen LogP contribution in [0, 0.1) is 11.3 Å². The van der Waals surface area contributed by atoms with Gasteiger partial charge in [0.2, 0.25) is 0 Å². The van der Waals surface area contributed by atoms with E-state index in [2.05, 4.69) is 10.2 Å². The quantitative estimate of drug-likeness (QED) is 0.485. The number of ketones is 1. The Hall–Kier alpha value is -3.86. The number of halogens is 3. The molecule has 0 atom stereocenters. The van der Waals surface area contributed by atoms with Gasteiger partial charge in [0, 0.05) is 22.9 Å². The highest BCUT2D eigenvalue weighted by atomic mass is 19.4. The van der Waals surface area contributed by atoms with Crippen molar-refractivity contribution in [1.29, 1.82) is 5.26 Å². The number of benzene rings is 2. The van der Waals surface area contributed by atoms with Gasteiger partial charge in [-0.2, -0.15) is 23.5 Å². The predicted molar refractivity (Wildman–Crippen MR) is 98.0 cm³/mol. The van der Waals surface area contributed by atoms with E-state index in [4.69, 9.17) is 9.68 Å². The number of furan rings is 1. The molecule has 0 unspecified atom stereocenters. The molecule has 0 aliphatic carbocycles. The fraction of sp³-hybridized carbons (Fsp3) is 0.0952. The Morgan fingerprint density at radius 2 is 2.03 bits per heavy atom. The highest BCUT2D eigenvalue weighted by Crippen LogP contribution is 2.35. The number of carbonyl (C=O) groups is 1. The standard InChI is InChI=1S/C21H12F3N3O2/c22-21(23,24)19-13(10-25)2-1-3-15(19)18(28)9-12-4-5-17-16(8-12)20(27-26-17)14-6-7-29-11-14/h1-8,11H,9H2,(H,26,27). The number of aromatic nitrogens is 2. The minimum atomic E-state index is -4.81. The van der Waals surface area contributed by atoms with E-state index >= 15 is 0 Å². The van der Waals surface area contributed by atoms with E-state index in [9.17, 15) is 18.0 Å². The smallest absolute Gasteiger partial charge is 0.418 e. The van der Waals surface area contributed by atoms with Crippen LogP contribution in [-0.2, 0) is 12.6 Å².